The summed E-state index contributed by atoms with van der Waals surface area (Å²) in [5.41, 5.74) is 2.17. The number of benzene rings is 2. The van der Waals surface area contributed by atoms with Crippen LogP contribution in [0.15, 0.2) is 59.1 Å². The maximum atomic E-state index is 12.9. The highest BCUT2D eigenvalue weighted by Gasteiger charge is 2.28. The third kappa shape index (κ3) is 6.85. The van der Waals surface area contributed by atoms with E-state index in [4.69, 9.17) is 9.26 Å². The summed E-state index contributed by atoms with van der Waals surface area (Å²) in [6.07, 6.45) is 2.70. The molecule has 1 aliphatic rings. The van der Waals surface area contributed by atoms with Crippen LogP contribution < -0.4 is 15.0 Å². The highest BCUT2D eigenvalue weighted by molar-refractivity contribution is 5.79. The van der Waals surface area contributed by atoms with E-state index in [1.54, 1.807) is 7.11 Å². The Morgan fingerprint density at radius 1 is 1.19 bits per heavy atom. The fourth-order valence-electron chi connectivity index (χ4n) is 4.54. The van der Waals surface area contributed by atoms with E-state index < -0.39 is 0 Å². The van der Waals surface area contributed by atoms with Gasteiger partial charge in [0, 0.05) is 44.3 Å². The molecule has 2 aromatic carbocycles. The Bertz CT molecular complexity index is 1080. The van der Waals surface area contributed by atoms with Crippen molar-refractivity contribution in [1.29, 1.82) is 0 Å². The van der Waals surface area contributed by atoms with Gasteiger partial charge in [-0.2, -0.15) is 4.98 Å². The van der Waals surface area contributed by atoms with Crippen LogP contribution in [0.2, 0.25) is 0 Å². The molecule has 0 saturated carbocycles. The molecule has 1 aromatic heterocycles. The average molecular weight is 492 g/mol. The third-order valence-corrected chi connectivity index (χ3v) is 6.71. The lowest BCUT2D eigenvalue weighted by Crippen LogP contribution is -2.44. The number of anilines is 1. The summed E-state index contributed by atoms with van der Waals surface area (Å²) in [5.74, 6) is 1.33. The van der Waals surface area contributed by atoms with Gasteiger partial charge in [0.1, 0.15) is 5.75 Å². The van der Waals surface area contributed by atoms with Crippen LogP contribution in [0, 0.1) is 5.92 Å². The zero-order valence-electron chi connectivity index (χ0n) is 21.5. The van der Waals surface area contributed by atoms with Gasteiger partial charge in [-0.25, -0.2) is 0 Å². The normalized spacial score (nSPS) is 15.9. The van der Waals surface area contributed by atoms with E-state index in [9.17, 15) is 4.79 Å². The Kier molecular flexibility index (Phi) is 8.95. The minimum Gasteiger partial charge on any atom is -0.497 e. The van der Waals surface area contributed by atoms with Crippen LogP contribution in [0.25, 0.3) is 11.4 Å². The van der Waals surface area contributed by atoms with Crippen LogP contribution in [0.3, 0.4) is 0 Å². The fraction of sp³-hybridized carbons (Fsp3) is 0.464. The molecule has 1 amide bonds. The van der Waals surface area contributed by atoms with Crippen molar-refractivity contribution < 1.29 is 14.1 Å². The molecule has 3 aromatic rings. The zero-order chi connectivity index (χ0) is 25.3. The third-order valence-electron chi connectivity index (χ3n) is 6.71. The van der Waals surface area contributed by atoms with Gasteiger partial charge in [-0.05, 0) is 62.9 Å². The number of rotatable bonds is 11. The Labute approximate surface area is 213 Å². The van der Waals surface area contributed by atoms with Gasteiger partial charge in [0.15, 0.2) is 0 Å². The molecule has 1 unspecified atom stereocenters. The Balaban J connectivity index is 1.24. The predicted molar refractivity (Wildman–Crippen MR) is 141 cm³/mol. The largest absolute Gasteiger partial charge is 0.497 e. The molecule has 8 heteroatoms. The molecule has 1 atom stereocenters. The lowest BCUT2D eigenvalue weighted by Gasteiger charge is -2.30. The summed E-state index contributed by atoms with van der Waals surface area (Å²) in [6.45, 7) is 8.37. The monoisotopic (exact) mass is 491 g/mol. The lowest BCUT2D eigenvalue weighted by atomic mass is 9.97. The molecule has 0 radical (unpaired) electrons. The topological polar surface area (TPSA) is 83.7 Å². The van der Waals surface area contributed by atoms with Crippen LogP contribution in [0.4, 0.5) is 6.01 Å². The maximum Gasteiger partial charge on any atom is 0.324 e. The number of piperidine rings is 1. The Morgan fingerprint density at radius 3 is 2.69 bits per heavy atom. The number of ether oxygens (including phenoxy) is 1. The highest BCUT2D eigenvalue weighted by Crippen LogP contribution is 2.26. The van der Waals surface area contributed by atoms with Gasteiger partial charge in [-0.3, -0.25) is 9.69 Å². The second-order valence-electron chi connectivity index (χ2n) is 9.61. The molecule has 1 saturated heterocycles. The number of methoxy groups -OCH3 is 1. The van der Waals surface area contributed by atoms with Crippen molar-refractivity contribution in [2.75, 3.05) is 38.2 Å². The molecular weight excluding hydrogens is 454 g/mol. The van der Waals surface area contributed by atoms with Crippen molar-refractivity contribution in [2.45, 2.75) is 45.7 Å². The molecule has 1 aliphatic heterocycles. The molecule has 0 aliphatic carbocycles. The van der Waals surface area contributed by atoms with Crippen LogP contribution in [-0.4, -0.2) is 60.3 Å². The van der Waals surface area contributed by atoms with Gasteiger partial charge < -0.3 is 19.5 Å². The molecule has 1 fully saturated rings. The summed E-state index contributed by atoms with van der Waals surface area (Å²) >= 11 is 0. The quantitative estimate of drug-likeness (QED) is 0.399. The van der Waals surface area contributed by atoms with Crippen molar-refractivity contribution >= 4 is 11.9 Å². The second kappa shape index (κ2) is 12.5. The molecule has 1 N–H and O–H groups in total. The second-order valence-corrected chi connectivity index (χ2v) is 9.61. The van der Waals surface area contributed by atoms with Crippen LogP contribution in [0.1, 0.15) is 38.7 Å². The smallest absolute Gasteiger partial charge is 0.324 e. The van der Waals surface area contributed by atoms with Gasteiger partial charge >= 0.3 is 6.01 Å². The van der Waals surface area contributed by atoms with Crippen molar-refractivity contribution in [3.63, 3.8) is 0 Å². The van der Waals surface area contributed by atoms with E-state index in [2.05, 4.69) is 58.5 Å². The Hall–Kier alpha value is -3.39. The van der Waals surface area contributed by atoms with Crippen LogP contribution in [-0.2, 0) is 11.3 Å². The number of nitrogens with zero attached hydrogens (tertiary/aromatic N) is 4. The molecule has 8 nitrogen and oxygen atoms in total. The van der Waals surface area contributed by atoms with Gasteiger partial charge in [-0.15, -0.1) is 0 Å². The molecule has 192 valence electrons. The molecule has 36 heavy (non-hydrogen) atoms. The molecule has 0 spiro atoms. The number of hydrogen-bond donors (Lipinski definition) is 1. The number of amides is 1. The molecular formula is C28H37N5O3. The number of carbonyl (C=O) groups is 1. The van der Waals surface area contributed by atoms with E-state index >= 15 is 0 Å². The van der Waals surface area contributed by atoms with Gasteiger partial charge in [-0.1, -0.05) is 35.5 Å². The summed E-state index contributed by atoms with van der Waals surface area (Å²) < 4.78 is 10.7. The number of hydrogen-bond acceptors (Lipinski definition) is 7. The van der Waals surface area contributed by atoms with Crippen molar-refractivity contribution in [3.05, 3.63) is 60.2 Å². The van der Waals surface area contributed by atoms with Gasteiger partial charge in [0.05, 0.1) is 13.0 Å². The first-order valence-corrected chi connectivity index (χ1v) is 12.8. The van der Waals surface area contributed by atoms with Crippen molar-refractivity contribution in [3.8, 4) is 17.1 Å². The van der Waals surface area contributed by atoms with Crippen molar-refractivity contribution in [1.82, 2.24) is 20.4 Å². The van der Waals surface area contributed by atoms with Gasteiger partial charge in [0.2, 0.25) is 11.7 Å². The summed E-state index contributed by atoms with van der Waals surface area (Å²) in [7, 11) is 1.64. The first-order chi connectivity index (χ1) is 17.5. The zero-order valence-corrected chi connectivity index (χ0v) is 21.5. The highest BCUT2D eigenvalue weighted by atomic mass is 16.5. The number of carbonyl (C=O) groups excluding carboxylic acids is 1. The van der Waals surface area contributed by atoms with Gasteiger partial charge in [0.25, 0.3) is 0 Å². The van der Waals surface area contributed by atoms with Crippen molar-refractivity contribution in [2.24, 2.45) is 5.92 Å². The van der Waals surface area contributed by atoms with E-state index in [1.807, 2.05) is 35.2 Å². The predicted octanol–water partition coefficient (Wildman–Crippen LogP) is 4.38. The standard InChI is InChI=1S/C28H37N5O3/c1-21(2)32(19-22-9-5-4-6-10-22)18-8-16-29-27(34)24-11-7-17-33(20-24)28-30-26(31-36-28)23-12-14-25(35-3)15-13-23/h4-6,9-10,12-15,21,24H,7-8,11,16-20H2,1-3H3,(H,29,34). The minimum absolute atomic E-state index is 0.0828. The van der Waals surface area contributed by atoms with Crippen LogP contribution in [0.5, 0.6) is 5.75 Å². The number of aromatic nitrogens is 2. The molecule has 4 rings (SSSR count). The van der Waals surface area contributed by atoms with E-state index in [0.29, 0.717) is 31.0 Å². The first-order valence-electron chi connectivity index (χ1n) is 12.8. The Morgan fingerprint density at radius 2 is 1.97 bits per heavy atom. The molecule has 2 heterocycles. The molecule has 0 bridgehead atoms. The summed E-state index contributed by atoms with van der Waals surface area (Å²) in [6, 6.07) is 19.0. The SMILES string of the molecule is COc1ccc(-c2noc(N3CCCC(C(=O)NCCCN(Cc4ccccc4)C(C)C)C3)n2)cc1. The number of nitrogens with one attached hydrogen (secondary N) is 1. The average Bonchev–Trinajstić information content (AvgIpc) is 3.41. The first kappa shape index (κ1) is 25.7. The van der Waals surface area contributed by atoms with E-state index in [-0.39, 0.29) is 11.8 Å². The van der Waals surface area contributed by atoms with Crippen LogP contribution >= 0.6 is 0 Å². The van der Waals surface area contributed by atoms with E-state index in [1.165, 1.54) is 5.56 Å². The van der Waals surface area contributed by atoms with E-state index in [0.717, 1.165) is 50.2 Å². The lowest BCUT2D eigenvalue weighted by molar-refractivity contribution is -0.125. The summed E-state index contributed by atoms with van der Waals surface area (Å²) in [4.78, 5) is 21.9. The summed E-state index contributed by atoms with van der Waals surface area (Å²) in [5, 5.41) is 7.29. The fourth-order valence-corrected chi connectivity index (χ4v) is 4.54. The minimum atomic E-state index is -0.0828. The maximum absolute atomic E-state index is 12.9.